The monoisotopic (exact) mass is 738 g/mol. The lowest BCUT2D eigenvalue weighted by Gasteiger charge is -2.18. The van der Waals surface area contributed by atoms with E-state index in [1.165, 1.54) is 82.0 Å². The second kappa shape index (κ2) is 12.0. The predicted molar refractivity (Wildman–Crippen MR) is 245 cm³/mol. The first-order valence-electron chi connectivity index (χ1n) is 20.2. The molecule has 0 N–H and O–H groups in total. The van der Waals surface area contributed by atoms with Gasteiger partial charge >= 0.3 is 0 Å². The van der Waals surface area contributed by atoms with Crippen molar-refractivity contribution in [3.05, 3.63) is 187 Å². The van der Waals surface area contributed by atoms with Crippen LogP contribution in [0, 0.1) is 0 Å². The Labute approximate surface area is 333 Å². The molecule has 0 unspecified atom stereocenters. The molecule has 2 heterocycles. The molecular weight excluding hydrogens is 705 g/mol. The van der Waals surface area contributed by atoms with Crippen molar-refractivity contribution in [3.63, 3.8) is 0 Å². The van der Waals surface area contributed by atoms with Crippen molar-refractivity contribution < 1.29 is 8.83 Å². The molecule has 10 aromatic carbocycles. The molecule has 0 saturated heterocycles. The SMILES string of the molecule is C1=Cc2c(cc(-c3ccc4c5ccc(-c6cccc(-c7ccc8oc9c(ccc%10c%11ccccc%11oc%109)c8c7)c6)cc5c5ccccc5c4c3)c3ccccc23)CC1. The summed E-state index contributed by atoms with van der Waals surface area (Å²) in [7, 11) is 0. The summed E-state index contributed by atoms with van der Waals surface area (Å²) in [6.07, 6.45) is 6.81. The summed E-state index contributed by atoms with van der Waals surface area (Å²) in [6.45, 7) is 0. The highest BCUT2D eigenvalue weighted by atomic mass is 16.4. The van der Waals surface area contributed by atoms with Crippen LogP contribution in [0.1, 0.15) is 17.5 Å². The van der Waals surface area contributed by atoms with Crippen LogP contribution in [0.2, 0.25) is 0 Å². The predicted octanol–water partition coefficient (Wildman–Crippen LogP) is 16.1. The molecule has 0 radical (unpaired) electrons. The Morgan fingerprint density at radius 2 is 0.845 bits per heavy atom. The van der Waals surface area contributed by atoms with Crippen molar-refractivity contribution in [1.29, 1.82) is 0 Å². The second-order valence-corrected chi connectivity index (χ2v) is 15.9. The number of hydrogen-bond donors (Lipinski definition) is 0. The zero-order valence-corrected chi connectivity index (χ0v) is 31.6. The fourth-order valence-electron chi connectivity index (χ4n) is 9.92. The van der Waals surface area contributed by atoms with Gasteiger partial charge in [-0.3, -0.25) is 0 Å². The van der Waals surface area contributed by atoms with Crippen LogP contribution < -0.4 is 0 Å². The van der Waals surface area contributed by atoms with Gasteiger partial charge in [0, 0.05) is 21.5 Å². The molecule has 0 atom stereocenters. The minimum Gasteiger partial charge on any atom is -0.452 e. The third kappa shape index (κ3) is 4.60. The van der Waals surface area contributed by atoms with Gasteiger partial charge in [-0.1, -0.05) is 127 Å². The molecule has 0 spiro atoms. The summed E-state index contributed by atoms with van der Waals surface area (Å²) in [5.74, 6) is 0. The standard InChI is InChI=1S/C56H34O2/c1-2-13-39-37(10-1)31-49(41-15-4-3-14-40(39)41)38-21-24-45-44-23-20-35(29-50(44)42-16-5-6-17-43(42)51(45)32-38)33-11-9-12-34(28-33)36-22-27-54-52(30-36)48-26-25-47-46-18-7-8-19-53(46)57-55(47)56(48)58-54/h2-9,11-32H,1,10H2. The number of hydrogen-bond acceptors (Lipinski definition) is 2. The molecule has 1 aliphatic rings. The summed E-state index contributed by atoms with van der Waals surface area (Å²) < 4.78 is 12.8. The quantitative estimate of drug-likeness (QED) is 0.169. The Morgan fingerprint density at radius 3 is 1.59 bits per heavy atom. The molecule has 2 nitrogen and oxygen atoms in total. The average molecular weight is 739 g/mol. The van der Waals surface area contributed by atoms with Crippen molar-refractivity contribution >= 4 is 93.0 Å². The normalized spacial score (nSPS) is 13.0. The van der Waals surface area contributed by atoms with Crippen LogP contribution in [0.4, 0.5) is 0 Å². The van der Waals surface area contributed by atoms with Gasteiger partial charge in [-0.05, 0) is 155 Å². The second-order valence-electron chi connectivity index (χ2n) is 15.9. The lowest BCUT2D eigenvalue weighted by atomic mass is 9.86. The van der Waals surface area contributed by atoms with E-state index in [0.717, 1.165) is 62.3 Å². The van der Waals surface area contributed by atoms with Crippen molar-refractivity contribution in [2.45, 2.75) is 12.8 Å². The average Bonchev–Trinajstić information content (AvgIpc) is 3.87. The summed E-state index contributed by atoms with van der Waals surface area (Å²) >= 11 is 0. The molecule has 2 heteroatoms. The summed E-state index contributed by atoms with van der Waals surface area (Å²) in [6, 6.07) is 62.3. The highest BCUT2D eigenvalue weighted by Crippen LogP contribution is 2.43. The zero-order chi connectivity index (χ0) is 37.9. The molecule has 270 valence electrons. The fraction of sp³-hybridized carbons (Fsp3) is 0.0357. The van der Waals surface area contributed by atoms with Gasteiger partial charge in [0.15, 0.2) is 11.2 Å². The van der Waals surface area contributed by atoms with E-state index in [1.54, 1.807) is 0 Å². The van der Waals surface area contributed by atoms with Crippen molar-refractivity contribution in [2.75, 3.05) is 0 Å². The van der Waals surface area contributed by atoms with Gasteiger partial charge in [-0.15, -0.1) is 0 Å². The van der Waals surface area contributed by atoms with Gasteiger partial charge in [0.05, 0.1) is 0 Å². The first-order chi connectivity index (χ1) is 28.7. The molecular formula is C56H34O2. The zero-order valence-electron chi connectivity index (χ0n) is 31.6. The maximum absolute atomic E-state index is 6.46. The van der Waals surface area contributed by atoms with Gasteiger partial charge in [-0.25, -0.2) is 0 Å². The fourth-order valence-corrected chi connectivity index (χ4v) is 9.92. The van der Waals surface area contributed by atoms with Crippen LogP contribution in [0.25, 0.3) is 126 Å². The first kappa shape index (κ1) is 31.7. The number of benzene rings is 10. The number of fused-ring (bicyclic) bond motifs is 16. The minimum absolute atomic E-state index is 0.798. The third-order valence-electron chi connectivity index (χ3n) is 12.7. The maximum Gasteiger partial charge on any atom is 0.178 e. The number of aryl methyl sites for hydroxylation is 1. The van der Waals surface area contributed by atoms with Gasteiger partial charge in [-0.2, -0.15) is 0 Å². The Kier molecular flexibility index (Phi) is 6.59. The van der Waals surface area contributed by atoms with Crippen LogP contribution in [0.15, 0.2) is 185 Å². The van der Waals surface area contributed by atoms with Crippen LogP contribution in [-0.4, -0.2) is 0 Å². The van der Waals surface area contributed by atoms with Crippen molar-refractivity contribution in [3.8, 4) is 33.4 Å². The van der Waals surface area contributed by atoms with E-state index < -0.39 is 0 Å². The Bertz CT molecular complexity index is 3720. The van der Waals surface area contributed by atoms with E-state index in [9.17, 15) is 0 Å². The van der Waals surface area contributed by atoms with Crippen LogP contribution in [-0.2, 0) is 6.42 Å². The lowest BCUT2D eigenvalue weighted by molar-refractivity contribution is 0.633. The van der Waals surface area contributed by atoms with Crippen LogP contribution in [0.3, 0.4) is 0 Å². The molecule has 0 fully saturated rings. The van der Waals surface area contributed by atoms with Gasteiger partial charge < -0.3 is 8.83 Å². The Hall–Kier alpha value is -7.42. The minimum atomic E-state index is 0.798. The van der Waals surface area contributed by atoms with Crippen molar-refractivity contribution in [1.82, 2.24) is 0 Å². The van der Waals surface area contributed by atoms with E-state index in [2.05, 4.69) is 164 Å². The highest BCUT2D eigenvalue weighted by molar-refractivity contribution is 6.26. The third-order valence-corrected chi connectivity index (χ3v) is 12.7. The van der Waals surface area contributed by atoms with Gasteiger partial charge in [0.2, 0.25) is 0 Å². The molecule has 0 amide bonds. The molecule has 0 aliphatic heterocycles. The smallest absolute Gasteiger partial charge is 0.178 e. The van der Waals surface area contributed by atoms with E-state index in [-0.39, 0.29) is 0 Å². The summed E-state index contributed by atoms with van der Waals surface area (Å²) in [5, 5.41) is 14.7. The summed E-state index contributed by atoms with van der Waals surface area (Å²) in [5.41, 5.74) is 13.4. The van der Waals surface area contributed by atoms with Gasteiger partial charge in [0.25, 0.3) is 0 Å². The number of furan rings is 2. The number of para-hydroxylation sites is 1. The van der Waals surface area contributed by atoms with E-state index in [1.807, 2.05) is 18.2 Å². The van der Waals surface area contributed by atoms with Gasteiger partial charge in [0.1, 0.15) is 11.2 Å². The highest BCUT2D eigenvalue weighted by Gasteiger charge is 2.18. The van der Waals surface area contributed by atoms with E-state index >= 15 is 0 Å². The van der Waals surface area contributed by atoms with Crippen LogP contribution >= 0.6 is 0 Å². The topological polar surface area (TPSA) is 26.3 Å². The molecule has 0 saturated carbocycles. The molecule has 2 aromatic heterocycles. The molecule has 58 heavy (non-hydrogen) atoms. The number of allylic oxidation sites excluding steroid dienone is 1. The molecule has 13 rings (SSSR count). The molecule has 1 aliphatic carbocycles. The lowest BCUT2D eigenvalue weighted by Crippen LogP contribution is -1.97. The van der Waals surface area contributed by atoms with E-state index in [0.29, 0.717) is 0 Å². The number of rotatable bonds is 3. The molecule has 0 bridgehead atoms. The van der Waals surface area contributed by atoms with Crippen LogP contribution in [0.5, 0.6) is 0 Å². The largest absolute Gasteiger partial charge is 0.452 e. The first-order valence-corrected chi connectivity index (χ1v) is 20.2. The Balaban J connectivity index is 0.927. The maximum atomic E-state index is 6.46. The van der Waals surface area contributed by atoms with E-state index in [4.69, 9.17) is 8.83 Å². The summed E-state index contributed by atoms with van der Waals surface area (Å²) in [4.78, 5) is 0. The molecule has 12 aromatic rings. The Morgan fingerprint density at radius 1 is 0.328 bits per heavy atom. The van der Waals surface area contributed by atoms with Crippen molar-refractivity contribution in [2.24, 2.45) is 0 Å².